The molecule has 3 aromatic rings. The van der Waals surface area contributed by atoms with E-state index in [0.29, 0.717) is 29.3 Å². The third kappa shape index (κ3) is 4.25. The van der Waals surface area contributed by atoms with Crippen molar-refractivity contribution in [1.82, 2.24) is 20.2 Å². The number of pyridine rings is 2. The average molecular weight is 464 g/mol. The van der Waals surface area contributed by atoms with Gasteiger partial charge in [-0.25, -0.2) is 13.8 Å². The van der Waals surface area contributed by atoms with Crippen molar-refractivity contribution in [3.05, 3.63) is 76.7 Å². The summed E-state index contributed by atoms with van der Waals surface area (Å²) < 4.78 is 28.9. The van der Waals surface area contributed by atoms with E-state index in [1.165, 1.54) is 18.2 Å². The van der Waals surface area contributed by atoms with Gasteiger partial charge in [0.1, 0.15) is 11.6 Å². The lowest BCUT2D eigenvalue weighted by Crippen LogP contribution is -2.48. The molecule has 1 amide bonds. The first-order chi connectivity index (χ1) is 16.4. The monoisotopic (exact) mass is 463 g/mol. The predicted octanol–water partition coefficient (Wildman–Crippen LogP) is 3.79. The van der Waals surface area contributed by atoms with Crippen molar-refractivity contribution in [3.63, 3.8) is 0 Å². The summed E-state index contributed by atoms with van der Waals surface area (Å²) >= 11 is 0. The summed E-state index contributed by atoms with van der Waals surface area (Å²) in [7, 11) is 0. The summed E-state index contributed by atoms with van der Waals surface area (Å²) in [5, 5.41) is 2.76. The van der Waals surface area contributed by atoms with E-state index < -0.39 is 11.6 Å². The molecule has 1 fully saturated rings. The molecule has 0 bridgehead atoms. The van der Waals surface area contributed by atoms with E-state index in [-0.39, 0.29) is 23.7 Å². The Morgan fingerprint density at radius 1 is 1.03 bits per heavy atom. The second kappa shape index (κ2) is 9.10. The fraction of sp³-hybridized carbons (Fsp3) is 0.346. The predicted molar refractivity (Wildman–Crippen MR) is 127 cm³/mol. The van der Waals surface area contributed by atoms with E-state index in [1.54, 1.807) is 6.07 Å². The Kier molecular flexibility index (Phi) is 6.00. The number of benzene rings is 1. The van der Waals surface area contributed by atoms with Crippen LogP contribution in [-0.2, 0) is 13.0 Å². The van der Waals surface area contributed by atoms with Gasteiger partial charge in [0.05, 0.1) is 40.9 Å². The molecule has 1 saturated heterocycles. The van der Waals surface area contributed by atoms with E-state index in [9.17, 15) is 13.6 Å². The summed E-state index contributed by atoms with van der Waals surface area (Å²) in [4.78, 5) is 26.3. The SMILES string of the molecule is CC(C)N1CCN(c2ccc(Cc3cc(-c4c(F)cccc4F)nc4c3C(=O)NC4)nc2)CC1. The van der Waals surface area contributed by atoms with Crippen molar-refractivity contribution in [3.8, 4) is 11.3 Å². The van der Waals surface area contributed by atoms with E-state index >= 15 is 0 Å². The summed E-state index contributed by atoms with van der Waals surface area (Å²) in [6.45, 7) is 8.62. The van der Waals surface area contributed by atoms with Crippen LogP contribution in [0.2, 0.25) is 0 Å². The Balaban J connectivity index is 1.41. The van der Waals surface area contributed by atoms with Crippen LogP contribution >= 0.6 is 0 Å². The van der Waals surface area contributed by atoms with E-state index in [0.717, 1.165) is 37.6 Å². The summed E-state index contributed by atoms with van der Waals surface area (Å²) in [6, 6.07) is 9.88. The topological polar surface area (TPSA) is 61.4 Å². The van der Waals surface area contributed by atoms with Gasteiger partial charge in [-0.3, -0.25) is 14.7 Å². The minimum atomic E-state index is -0.685. The smallest absolute Gasteiger partial charge is 0.253 e. The van der Waals surface area contributed by atoms with Gasteiger partial charge in [-0.1, -0.05) is 6.07 Å². The zero-order valence-corrected chi connectivity index (χ0v) is 19.3. The molecule has 6 nitrogen and oxygen atoms in total. The molecule has 1 aromatic carbocycles. The van der Waals surface area contributed by atoms with Gasteiger partial charge in [-0.15, -0.1) is 0 Å². The van der Waals surface area contributed by atoms with Gasteiger partial charge in [0, 0.05) is 44.3 Å². The van der Waals surface area contributed by atoms with Crippen molar-refractivity contribution in [2.24, 2.45) is 0 Å². The molecular formula is C26H27F2N5O. The molecule has 5 rings (SSSR count). The van der Waals surface area contributed by atoms with Gasteiger partial charge in [-0.05, 0) is 49.7 Å². The van der Waals surface area contributed by atoms with E-state index in [1.807, 2.05) is 18.3 Å². The second-order valence-electron chi connectivity index (χ2n) is 9.07. The van der Waals surface area contributed by atoms with Crippen LogP contribution in [0.1, 0.15) is 41.2 Å². The van der Waals surface area contributed by atoms with Crippen molar-refractivity contribution in [2.45, 2.75) is 32.9 Å². The fourth-order valence-corrected chi connectivity index (χ4v) is 4.72. The van der Waals surface area contributed by atoms with Crippen molar-refractivity contribution in [2.75, 3.05) is 31.1 Å². The lowest BCUT2D eigenvalue weighted by molar-refractivity contribution is 0.0965. The van der Waals surface area contributed by atoms with Crippen molar-refractivity contribution < 1.29 is 13.6 Å². The number of anilines is 1. The van der Waals surface area contributed by atoms with Crippen LogP contribution in [0.25, 0.3) is 11.3 Å². The number of hydrogen-bond donors (Lipinski definition) is 1. The highest BCUT2D eigenvalue weighted by Crippen LogP contribution is 2.30. The lowest BCUT2D eigenvalue weighted by Gasteiger charge is -2.38. The van der Waals surface area contributed by atoms with Crippen LogP contribution in [0, 0.1) is 11.6 Å². The molecule has 4 heterocycles. The van der Waals surface area contributed by atoms with Crippen LogP contribution < -0.4 is 10.2 Å². The molecule has 2 aliphatic rings. The number of aromatic nitrogens is 2. The maximum Gasteiger partial charge on any atom is 0.253 e. The van der Waals surface area contributed by atoms with Gasteiger partial charge in [0.15, 0.2) is 0 Å². The number of carbonyl (C=O) groups excluding carboxylic acids is 1. The van der Waals surface area contributed by atoms with Crippen LogP contribution in [0.4, 0.5) is 14.5 Å². The van der Waals surface area contributed by atoms with Gasteiger partial charge >= 0.3 is 0 Å². The highest BCUT2D eigenvalue weighted by molar-refractivity contribution is 5.99. The zero-order chi connectivity index (χ0) is 23.8. The van der Waals surface area contributed by atoms with Gasteiger partial charge in [0.25, 0.3) is 5.91 Å². The number of piperazine rings is 1. The maximum atomic E-state index is 14.4. The number of nitrogens with one attached hydrogen (secondary N) is 1. The van der Waals surface area contributed by atoms with Gasteiger partial charge in [0.2, 0.25) is 0 Å². The first-order valence-electron chi connectivity index (χ1n) is 11.6. The highest BCUT2D eigenvalue weighted by atomic mass is 19.1. The van der Waals surface area contributed by atoms with Gasteiger partial charge < -0.3 is 10.2 Å². The van der Waals surface area contributed by atoms with E-state index in [4.69, 9.17) is 0 Å². The quantitative estimate of drug-likeness (QED) is 0.624. The largest absolute Gasteiger partial charge is 0.368 e. The first kappa shape index (κ1) is 22.4. The minimum Gasteiger partial charge on any atom is -0.368 e. The van der Waals surface area contributed by atoms with Crippen LogP contribution in [0.15, 0.2) is 42.6 Å². The fourth-order valence-electron chi connectivity index (χ4n) is 4.72. The molecule has 1 N–H and O–H groups in total. The number of amides is 1. The standard InChI is InChI=1S/C26H27F2N5O/c1-16(2)32-8-10-33(11-9-32)19-7-6-18(29-14-19)12-17-13-22(25-20(27)4-3-5-21(25)28)31-23-15-30-26(34)24(17)23/h3-7,13-14,16H,8-12,15H2,1-2H3,(H,30,34). The summed E-state index contributed by atoms with van der Waals surface area (Å²) in [5.41, 5.74) is 3.46. The molecule has 0 saturated carbocycles. The number of fused-ring (bicyclic) bond motifs is 1. The summed E-state index contributed by atoms with van der Waals surface area (Å²) in [6.07, 6.45) is 2.22. The molecular weight excluding hydrogens is 436 g/mol. The number of carbonyl (C=O) groups is 1. The third-order valence-electron chi connectivity index (χ3n) is 6.63. The molecule has 0 unspecified atom stereocenters. The molecule has 0 atom stereocenters. The number of halogens is 2. The molecule has 2 aromatic heterocycles. The Morgan fingerprint density at radius 3 is 2.41 bits per heavy atom. The van der Waals surface area contributed by atoms with Crippen molar-refractivity contribution in [1.29, 1.82) is 0 Å². The second-order valence-corrected chi connectivity index (χ2v) is 9.07. The number of hydrogen-bond acceptors (Lipinski definition) is 5. The summed E-state index contributed by atoms with van der Waals surface area (Å²) in [5.74, 6) is -1.59. The van der Waals surface area contributed by atoms with Gasteiger partial charge in [-0.2, -0.15) is 0 Å². The molecule has 34 heavy (non-hydrogen) atoms. The normalized spacial score (nSPS) is 16.1. The minimum absolute atomic E-state index is 0.181. The zero-order valence-electron chi connectivity index (χ0n) is 19.3. The lowest BCUT2D eigenvalue weighted by atomic mass is 9.98. The molecule has 0 spiro atoms. The Bertz CT molecular complexity index is 1200. The van der Waals surface area contributed by atoms with Crippen LogP contribution in [0.5, 0.6) is 0 Å². The maximum absolute atomic E-state index is 14.4. The molecule has 8 heteroatoms. The Morgan fingerprint density at radius 2 is 1.76 bits per heavy atom. The average Bonchev–Trinajstić information content (AvgIpc) is 3.20. The molecule has 176 valence electrons. The first-order valence-corrected chi connectivity index (χ1v) is 11.6. The van der Waals surface area contributed by atoms with Crippen molar-refractivity contribution >= 4 is 11.6 Å². The molecule has 0 aliphatic carbocycles. The van der Waals surface area contributed by atoms with Crippen LogP contribution in [0.3, 0.4) is 0 Å². The van der Waals surface area contributed by atoms with E-state index in [2.05, 4.69) is 38.9 Å². The number of rotatable bonds is 5. The van der Waals surface area contributed by atoms with Crippen LogP contribution in [-0.4, -0.2) is 53.0 Å². The Hall–Kier alpha value is -3.39. The highest BCUT2D eigenvalue weighted by Gasteiger charge is 2.27. The third-order valence-corrected chi connectivity index (χ3v) is 6.63. The number of nitrogens with zero attached hydrogens (tertiary/aromatic N) is 4. The Labute approximate surface area is 197 Å². The molecule has 2 aliphatic heterocycles. The molecule has 0 radical (unpaired) electrons.